The SMILES string of the molecule is O=c1cc(CN2CC3CC(C2)c2cccc(=O)n2C3)oc(CN2CCN(Cc3cccc(Cl)c3)CC2)c1O. The smallest absolute Gasteiger partial charge is 0.250 e. The molecule has 2 fully saturated rings. The molecule has 0 saturated carbocycles. The van der Waals surface area contributed by atoms with Crippen LogP contribution in [-0.4, -0.2) is 63.6 Å². The molecular weight excluding hydrogens is 504 g/mol. The third-order valence-electron chi connectivity index (χ3n) is 8.11. The van der Waals surface area contributed by atoms with Gasteiger partial charge in [-0.3, -0.25) is 24.3 Å². The summed E-state index contributed by atoms with van der Waals surface area (Å²) in [7, 11) is 0. The molecule has 6 rings (SSSR count). The minimum atomic E-state index is -0.394. The molecule has 5 heterocycles. The maximum Gasteiger partial charge on any atom is 0.250 e. The second-order valence-corrected chi connectivity index (χ2v) is 11.4. The zero-order valence-electron chi connectivity index (χ0n) is 21.4. The van der Waals surface area contributed by atoms with E-state index in [4.69, 9.17) is 16.0 Å². The van der Waals surface area contributed by atoms with Crippen molar-refractivity contribution < 1.29 is 9.52 Å². The van der Waals surface area contributed by atoms with Gasteiger partial charge in [0.15, 0.2) is 5.76 Å². The Morgan fingerprint density at radius 2 is 1.63 bits per heavy atom. The van der Waals surface area contributed by atoms with Crippen molar-refractivity contribution >= 4 is 11.6 Å². The highest BCUT2D eigenvalue weighted by atomic mass is 35.5. The summed E-state index contributed by atoms with van der Waals surface area (Å²) in [5, 5.41) is 11.2. The number of hydrogen-bond acceptors (Lipinski definition) is 7. The van der Waals surface area contributed by atoms with Crippen molar-refractivity contribution in [2.75, 3.05) is 39.3 Å². The van der Waals surface area contributed by atoms with E-state index in [0.717, 1.165) is 69.5 Å². The molecule has 0 amide bonds. The van der Waals surface area contributed by atoms with E-state index in [1.165, 1.54) is 11.6 Å². The second kappa shape index (κ2) is 10.7. The quantitative estimate of drug-likeness (QED) is 0.518. The summed E-state index contributed by atoms with van der Waals surface area (Å²) in [6.07, 6.45) is 1.08. The number of halogens is 1. The fourth-order valence-electron chi connectivity index (χ4n) is 6.32. The molecule has 8 nitrogen and oxygen atoms in total. The summed E-state index contributed by atoms with van der Waals surface area (Å²) in [4.78, 5) is 31.8. The summed E-state index contributed by atoms with van der Waals surface area (Å²) < 4.78 is 8.04. The lowest BCUT2D eigenvalue weighted by molar-refractivity contribution is 0.100. The Hall–Kier alpha value is -2.91. The molecular formula is C29H33ClN4O4. The fourth-order valence-corrected chi connectivity index (χ4v) is 6.53. The van der Waals surface area contributed by atoms with Gasteiger partial charge in [0, 0.05) is 81.1 Å². The summed E-state index contributed by atoms with van der Waals surface area (Å²) >= 11 is 6.13. The number of benzene rings is 1. The number of rotatable bonds is 6. The molecule has 2 atom stereocenters. The number of fused-ring (bicyclic) bond motifs is 4. The van der Waals surface area contributed by atoms with Crippen LogP contribution < -0.4 is 11.0 Å². The predicted molar refractivity (Wildman–Crippen MR) is 145 cm³/mol. The molecule has 200 valence electrons. The van der Waals surface area contributed by atoms with Gasteiger partial charge in [-0.2, -0.15) is 0 Å². The van der Waals surface area contributed by atoms with Crippen LogP contribution in [0.1, 0.15) is 35.1 Å². The van der Waals surface area contributed by atoms with Crippen LogP contribution in [0, 0.1) is 5.92 Å². The van der Waals surface area contributed by atoms with Gasteiger partial charge in [-0.25, -0.2) is 0 Å². The van der Waals surface area contributed by atoms with E-state index >= 15 is 0 Å². The zero-order valence-corrected chi connectivity index (χ0v) is 22.1. The molecule has 2 unspecified atom stereocenters. The highest BCUT2D eigenvalue weighted by molar-refractivity contribution is 6.30. The number of aromatic hydroxyl groups is 1. The number of hydrogen-bond donors (Lipinski definition) is 1. The number of pyridine rings is 1. The van der Waals surface area contributed by atoms with Crippen molar-refractivity contribution in [3.8, 4) is 5.75 Å². The van der Waals surface area contributed by atoms with Crippen molar-refractivity contribution in [1.82, 2.24) is 19.3 Å². The first kappa shape index (κ1) is 25.4. The van der Waals surface area contributed by atoms with Gasteiger partial charge in [0.25, 0.3) is 5.56 Å². The lowest BCUT2D eigenvalue weighted by Crippen LogP contribution is -2.46. The summed E-state index contributed by atoms with van der Waals surface area (Å²) in [5.41, 5.74) is 1.97. The van der Waals surface area contributed by atoms with Crippen molar-refractivity contribution in [3.05, 3.63) is 96.9 Å². The monoisotopic (exact) mass is 536 g/mol. The van der Waals surface area contributed by atoms with Gasteiger partial charge < -0.3 is 14.1 Å². The largest absolute Gasteiger partial charge is 0.502 e. The van der Waals surface area contributed by atoms with E-state index in [9.17, 15) is 14.7 Å². The van der Waals surface area contributed by atoms with Crippen LogP contribution in [0.25, 0.3) is 0 Å². The standard InChI is InChI=1S/C29H33ClN4O4/c30-23-4-1-3-20(12-23)14-31-7-9-32(10-8-31)19-27-29(37)26(35)13-24(38-27)18-33-15-21-11-22(17-33)25-5-2-6-28(36)34(25)16-21/h1-6,12-13,21-22,37H,7-11,14-19H2. The van der Waals surface area contributed by atoms with E-state index in [1.54, 1.807) is 6.07 Å². The molecule has 1 aromatic carbocycles. The van der Waals surface area contributed by atoms with Gasteiger partial charge in [0.2, 0.25) is 11.2 Å². The second-order valence-electron chi connectivity index (χ2n) is 10.9. The van der Waals surface area contributed by atoms with Crippen LogP contribution in [0.2, 0.25) is 5.02 Å². The number of nitrogens with zero attached hydrogens (tertiary/aromatic N) is 4. The Balaban J connectivity index is 1.09. The maximum atomic E-state index is 12.6. The highest BCUT2D eigenvalue weighted by Crippen LogP contribution is 2.35. The van der Waals surface area contributed by atoms with E-state index in [2.05, 4.69) is 26.8 Å². The third-order valence-corrected chi connectivity index (χ3v) is 8.34. The van der Waals surface area contributed by atoms with Crippen molar-refractivity contribution in [3.63, 3.8) is 0 Å². The highest BCUT2D eigenvalue weighted by Gasteiger charge is 2.34. The van der Waals surface area contributed by atoms with Crippen molar-refractivity contribution in [2.45, 2.75) is 38.5 Å². The van der Waals surface area contributed by atoms with Gasteiger partial charge in [-0.15, -0.1) is 0 Å². The summed E-state index contributed by atoms with van der Waals surface area (Å²) in [5.74, 6) is 1.31. The first-order valence-electron chi connectivity index (χ1n) is 13.4. The number of piperazine rings is 1. The molecule has 2 aromatic heterocycles. The van der Waals surface area contributed by atoms with Crippen LogP contribution in [-0.2, 0) is 26.2 Å². The first-order valence-corrected chi connectivity index (χ1v) is 13.7. The third kappa shape index (κ3) is 5.45. The lowest BCUT2D eigenvalue weighted by atomic mass is 9.83. The zero-order chi connectivity index (χ0) is 26.2. The molecule has 2 bridgehead atoms. The van der Waals surface area contributed by atoms with Crippen LogP contribution in [0.3, 0.4) is 0 Å². The van der Waals surface area contributed by atoms with Gasteiger partial charge in [-0.05, 0) is 36.1 Å². The van der Waals surface area contributed by atoms with E-state index in [0.29, 0.717) is 36.4 Å². The Kier molecular flexibility index (Phi) is 7.14. The Morgan fingerprint density at radius 1 is 0.868 bits per heavy atom. The maximum absolute atomic E-state index is 12.6. The van der Waals surface area contributed by atoms with Gasteiger partial charge in [0.1, 0.15) is 5.76 Å². The molecule has 1 N–H and O–H groups in total. The van der Waals surface area contributed by atoms with Gasteiger partial charge >= 0.3 is 0 Å². The van der Waals surface area contributed by atoms with E-state index < -0.39 is 5.43 Å². The fraction of sp³-hybridized carbons (Fsp3) is 0.448. The minimum absolute atomic E-state index is 0.0742. The van der Waals surface area contributed by atoms with Crippen molar-refractivity contribution in [2.24, 2.45) is 5.92 Å². The Labute approximate surface area is 226 Å². The molecule has 0 spiro atoms. The normalized spacial score (nSPS) is 22.3. The molecule has 2 saturated heterocycles. The molecule has 38 heavy (non-hydrogen) atoms. The van der Waals surface area contributed by atoms with Gasteiger partial charge in [0.05, 0.1) is 13.1 Å². The van der Waals surface area contributed by atoms with Crippen LogP contribution in [0.4, 0.5) is 0 Å². The predicted octanol–water partition coefficient (Wildman–Crippen LogP) is 3.10. The first-order chi connectivity index (χ1) is 18.4. The van der Waals surface area contributed by atoms with Crippen LogP contribution in [0.15, 0.2) is 62.5 Å². The molecule has 3 aliphatic heterocycles. The van der Waals surface area contributed by atoms with Crippen LogP contribution in [0.5, 0.6) is 5.75 Å². The molecule has 3 aromatic rings. The molecule has 9 heteroatoms. The van der Waals surface area contributed by atoms with E-state index in [1.807, 2.05) is 28.8 Å². The molecule has 0 aliphatic carbocycles. The number of piperidine rings is 1. The number of aromatic nitrogens is 1. The van der Waals surface area contributed by atoms with Crippen molar-refractivity contribution in [1.29, 1.82) is 0 Å². The summed E-state index contributed by atoms with van der Waals surface area (Å²) in [6, 6.07) is 14.9. The van der Waals surface area contributed by atoms with E-state index in [-0.39, 0.29) is 11.3 Å². The van der Waals surface area contributed by atoms with Gasteiger partial charge in [-0.1, -0.05) is 29.8 Å². The average molecular weight is 537 g/mol. The molecule has 3 aliphatic rings. The number of likely N-dealkylation sites (tertiary alicyclic amines) is 1. The molecule has 0 radical (unpaired) electrons. The topological polar surface area (TPSA) is 82.2 Å². The summed E-state index contributed by atoms with van der Waals surface area (Å²) in [6.45, 7) is 7.58. The lowest BCUT2D eigenvalue weighted by Gasteiger charge is -2.42. The average Bonchev–Trinajstić information content (AvgIpc) is 2.89. The Morgan fingerprint density at radius 3 is 2.42 bits per heavy atom. The van der Waals surface area contributed by atoms with Crippen LogP contribution >= 0.6 is 11.6 Å². The minimum Gasteiger partial charge on any atom is -0.502 e. The Bertz CT molecular complexity index is 1430.